The summed E-state index contributed by atoms with van der Waals surface area (Å²) in [7, 11) is 0. The van der Waals surface area contributed by atoms with E-state index in [0.717, 1.165) is 16.2 Å². The molecule has 5 rings (SSSR count). The Morgan fingerprint density at radius 3 is 2.57 bits per heavy atom. The number of fused-ring (bicyclic) bond motifs is 1. The summed E-state index contributed by atoms with van der Waals surface area (Å²) in [5, 5.41) is 4.94. The summed E-state index contributed by atoms with van der Waals surface area (Å²) in [4.78, 5) is 33.4. The van der Waals surface area contributed by atoms with Gasteiger partial charge in [-0.2, -0.15) is 0 Å². The molecule has 3 heterocycles. The Hall–Kier alpha value is -3.75. The number of hydrogen-bond acceptors (Lipinski definition) is 6. The van der Waals surface area contributed by atoms with Gasteiger partial charge in [0.25, 0.3) is 11.5 Å². The Kier molecular flexibility index (Phi) is 6.48. The van der Waals surface area contributed by atoms with Crippen LogP contribution in [0.3, 0.4) is 0 Å². The average molecular weight is 502 g/mol. The van der Waals surface area contributed by atoms with E-state index in [-0.39, 0.29) is 11.5 Å². The summed E-state index contributed by atoms with van der Waals surface area (Å²) in [6, 6.07) is 20.1. The standard InChI is InChI=1S/C27H23N3O3S2/c1-3-33-20-13-11-18(12-14-20)24-23(25(31)29-19-8-5-4-6-9-19)17(2)28-27-30(24)26(32)22(35-27)16-21-10-7-15-34-21/h4-16,24H,3H2,1-2H3,(H,29,31)/t24-/m1/s1. The summed E-state index contributed by atoms with van der Waals surface area (Å²) in [6.07, 6.45) is 1.88. The lowest BCUT2D eigenvalue weighted by molar-refractivity contribution is -0.113. The second-order valence-electron chi connectivity index (χ2n) is 7.92. The molecule has 1 atom stereocenters. The average Bonchev–Trinajstić information content (AvgIpc) is 3.47. The van der Waals surface area contributed by atoms with Crippen LogP contribution >= 0.6 is 22.7 Å². The van der Waals surface area contributed by atoms with Crippen LogP contribution in [0.2, 0.25) is 0 Å². The van der Waals surface area contributed by atoms with Gasteiger partial charge in [-0.15, -0.1) is 11.3 Å². The molecule has 0 saturated heterocycles. The molecular weight excluding hydrogens is 478 g/mol. The molecule has 2 aromatic carbocycles. The zero-order chi connectivity index (χ0) is 24.4. The Morgan fingerprint density at radius 2 is 1.89 bits per heavy atom. The maximum atomic E-state index is 13.6. The molecule has 1 aliphatic heterocycles. The summed E-state index contributed by atoms with van der Waals surface area (Å²) < 4.78 is 7.81. The first-order chi connectivity index (χ1) is 17.0. The molecule has 0 saturated carbocycles. The molecule has 4 aromatic rings. The van der Waals surface area contributed by atoms with E-state index in [1.807, 2.05) is 92.0 Å². The molecule has 1 amide bonds. The summed E-state index contributed by atoms with van der Waals surface area (Å²) in [6.45, 7) is 4.30. The first-order valence-corrected chi connectivity index (χ1v) is 12.9. The number of ether oxygens (including phenoxy) is 1. The van der Waals surface area contributed by atoms with Gasteiger partial charge >= 0.3 is 0 Å². The molecule has 0 bridgehead atoms. The summed E-state index contributed by atoms with van der Waals surface area (Å²) in [5.41, 5.74) is 2.34. The van der Waals surface area contributed by atoms with Crippen LogP contribution in [0.5, 0.6) is 5.75 Å². The third kappa shape index (κ3) is 4.62. The van der Waals surface area contributed by atoms with Crippen molar-refractivity contribution in [1.29, 1.82) is 0 Å². The van der Waals surface area contributed by atoms with E-state index >= 15 is 0 Å². The highest BCUT2D eigenvalue weighted by atomic mass is 32.1. The molecule has 35 heavy (non-hydrogen) atoms. The van der Waals surface area contributed by atoms with Crippen molar-refractivity contribution in [2.24, 2.45) is 4.99 Å². The van der Waals surface area contributed by atoms with Crippen LogP contribution in [0, 0.1) is 0 Å². The molecule has 0 unspecified atom stereocenters. The molecule has 8 heteroatoms. The van der Waals surface area contributed by atoms with E-state index in [4.69, 9.17) is 4.74 Å². The number of rotatable bonds is 6. The first-order valence-electron chi connectivity index (χ1n) is 11.2. The molecule has 0 fully saturated rings. The van der Waals surface area contributed by atoms with Crippen molar-refractivity contribution in [1.82, 2.24) is 4.57 Å². The fourth-order valence-corrected chi connectivity index (χ4v) is 5.83. The highest BCUT2D eigenvalue weighted by molar-refractivity contribution is 7.11. The molecule has 0 aliphatic carbocycles. The lowest BCUT2D eigenvalue weighted by atomic mass is 9.95. The highest BCUT2D eigenvalue weighted by Gasteiger charge is 2.32. The van der Waals surface area contributed by atoms with Crippen LogP contribution in [-0.4, -0.2) is 17.1 Å². The lowest BCUT2D eigenvalue weighted by Gasteiger charge is -2.25. The van der Waals surface area contributed by atoms with Crippen molar-refractivity contribution >= 4 is 40.3 Å². The molecule has 2 aromatic heterocycles. The van der Waals surface area contributed by atoms with Gasteiger partial charge in [0, 0.05) is 10.6 Å². The minimum absolute atomic E-state index is 0.168. The molecule has 0 spiro atoms. The zero-order valence-electron chi connectivity index (χ0n) is 19.2. The fraction of sp³-hybridized carbons (Fsp3) is 0.148. The predicted octanol–water partition coefficient (Wildman–Crippen LogP) is 4.33. The van der Waals surface area contributed by atoms with Crippen LogP contribution < -0.4 is 24.9 Å². The van der Waals surface area contributed by atoms with E-state index in [9.17, 15) is 9.59 Å². The number of amides is 1. The molecule has 6 nitrogen and oxygen atoms in total. The predicted molar refractivity (Wildman–Crippen MR) is 141 cm³/mol. The Morgan fingerprint density at radius 1 is 1.11 bits per heavy atom. The van der Waals surface area contributed by atoms with Gasteiger partial charge in [0.2, 0.25) is 0 Å². The van der Waals surface area contributed by atoms with E-state index in [0.29, 0.717) is 32.9 Å². The number of nitrogens with zero attached hydrogens (tertiary/aromatic N) is 2. The van der Waals surface area contributed by atoms with Crippen LogP contribution in [0.4, 0.5) is 5.69 Å². The van der Waals surface area contributed by atoms with Gasteiger partial charge in [-0.25, -0.2) is 4.99 Å². The van der Waals surface area contributed by atoms with Crippen LogP contribution in [0.1, 0.15) is 30.3 Å². The fourth-order valence-electron chi connectivity index (χ4n) is 4.06. The number of thiophene rings is 1. The smallest absolute Gasteiger partial charge is 0.271 e. The summed E-state index contributed by atoms with van der Waals surface area (Å²) in [5.74, 6) is 0.446. The second-order valence-corrected chi connectivity index (χ2v) is 9.91. The molecular formula is C27H23N3O3S2. The topological polar surface area (TPSA) is 72.7 Å². The Balaban J connectivity index is 1.66. The third-order valence-electron chi connectivity index (χ3n) is 5.62. The van der Waals surface area contributed by atoms with Crippen LogP contribution in [0.25, 0.3) is 6.08 Å². The van der Waals surface area contributed by atoms with Gasteiger partial charge in [0.05, 0.1) is 28.5 Å². The van der Waals surface area contributed by atoms with Crippen molar-refractivity contribution in [3.63, 3.8) is 0 Å². The lowest BCUT2D eigenvalue weighted by Crippen LogP contribution is -2.40. The van der Waals surface area contributed by atoms with Crippen molar-refractivity contribution in [2.45, 2.75) is 19.9 Å². The third-order valence-corrected chi connectivity index (χ3v) is 7.42. The number of anilines is 1. The van der Waals surface area contributed by atoms with Gasteiger partial charge in [-0.3, -0.25) is 14.2 Å². The highest BCUT2D eigenvalue weighted by Crippen LogP contribution is 2.31. The minimum atomic E-state index is -0.615. The van der Waals surface area contributed by atoms with E-state index < -0.39 is 6.04 Å². The number of aromatic nitrogens is 1. The first kappa shape index (κ1) is 23.0. The van der Waals surface area contributed by atoms with Gasteiger partial charge < -0.3 is 10.1 Å². The van der Waals surface area contributed by atoms with Gasteiger partial charge in [0.1, 0.15) is 5.75 Å². The monoisotopic (exact) mass is 501 g/mol. The van der Waals surface area contributed by atoms with Crippen molar-refractivity contribution < 1.29 is 9.53 Å². The quantitative estimate of drug-likeness (QED) is 0.427. The van der Waals surface area contributed by atoms with Crippen LogP contribution in [-0.2, 0) is 4.79 Å². The summed E-state index contributed by atoms with van der Waals surface area (Å²) >= 11 is 2.90. The molecule has 0 radical (unpaired) electrons. The van der Waals surface area contributed by atoms with Crippen molar-refractivity contribution in [3.05, 3.63) is 114 Å². The number of benzene rings is 2. The number of thiazole rings is 1. The number of allylic oxidation sites excluding steroid dienone is 1. The maximum absolute atomic E-state index is 13.6. The molecule has 1 aliphatic rings. The number of hydrogen-bond donors (Lipinski definition) is 1. The second kappa shape index (κ2) is 9.85. The van der Waals surface area contributed by atoms with Gasteiger partial charge in [0.15, 0.2) is 4.80 Å². The molecule has 176 valence electrons. The number of para-hydroxylation sites is 1. The van der Waals surface area contributed by atoms with Crippen LogP contribution in [0.15, 0.2) is 93.2 Å². The van der Waals surface area contributed by atoms with Crippen molar-refractivity contribution in [3.8, 4) is 5.75 Å². The maximum Gasteiger partial charge on any atom is 0.271 e. The van der Waals surface area contributed by atoms with E-state index in [2.05, 4.69) is 10.3 Å². The van der Waals surface area contributed by atoms with E-state index in [1.165, 1.54) is 11.3 Å². The van der Waals surface area contributed by atoms with Crippen molar-refractivity contribution in [2.75, 3.05) is 11.9 Å². The minimum Gasteiger partial charge on any atom is -0.494 e. The zero-order valence-corrected chi connectivity index (χ0v) is 20.9. The van der Waals surface area contributed by atoms with E-state index in [1.54, 1.807) is 15.9 Å². The largest absolute Gasteiger partial charge is 0.494 e. The normalized spacial score (nSPS) is 15.5. The van der Waals surface area contributed by atoms with Gasteiger partial charge in [-0.05, 0) is 61.2 Å². The SMILES string of the molecule is CCOc1ccc([C@@H]2C(C(=O)Nc3ccccc3)=C(C)N=c3sc(=Cc4cccs4)c(=O)n32)cc1. The number of carbonyl (C=O) groups excluding carboxylic acids is 1. The number of carbonyl (C=O) groups is 1. The Labute approximate surface area is 210 Å². The number of nitrogens with one attached hydrogen (secondary N) is 1. The molecule has 1 N–H and O–H groups in total. The Bertz CT molecular complexity index is 1570. The van der Waals surface area contributed by atoms with Gasteiger partial charge in [-0.1, -0.05) is 47.7 Å².